The molecule has 0 saturated carbocycles. The van der Waals surface area contributed by atoms with E-state index >= 15 is 0 Å². The van der Waals surface area contributed by atoms with Crippen molar-refractivity contribution in [1.82, 2.24) is 0 Å². The lowest BCUT2D eigenvalue weighted by molar-refractivity contribution is 0.0485. The van der Waals surface area contributed by atoms with Crippen molar-refractivity contribution in [1.29, 1.82) is 0 Å². The SMILES string of the molecule is CC(C)CCOC(=O)c1ccc2ccccc2c1O. The molecule has 3 heteroatoms. The number of carbonyl (C=O) groups is 1. The molecular weight excluding hydrogens is 240 g/mol. The molecule has 0 unspecified atom stereocenters. The average molecular weight is 258 g/mol. The van der Waals surface area contributed by atoms with Gasteiger partial charge in [0.1, 0.15) is 11.3 Å². The summed E-state index contributed by atoms with van der Waals surface area (Å²) in [7, 11) is 0. The van der Waals surface area contributed by atoms with E-state index in [4.69, 9.17) is 4.74 Å². The largest absolute Gasteiger partial charge is 0.506 e. The Bertz CT molecular complexity index is 588. The van der Waals surface area contributed by atoms with Crippen LogP contribution in [0.3, 0.4) is 0 Å². The fourth-order valence-corrected chi connectivity index (χ4v) is 1.88. The number of phenolic OH excluding ortho intramolecular Hbond substituents is 1. The Morgan fingerprint density at radius 2 is 1.95 bits per heavy atom. The Morgan fingerprint density at radius 1 is 1.21 bits per heavy atom. The molecule has 19 heavy (non-hydrogen) atoms. The summed E-state index contributed by atoms with van der Waals surface area (Å²) in [5.74, 6) is 0.00884. The molecule has 100 valence electrons. The van der Waals surface area contributed by atoms with Crippen molar-refractivity contribution in [3.63, 3.8) is 0 Å². The lowest BCUT2D eigenvalue weighted by Crippen LogP contribution is -2.08. The van der Waals surface area contributed by atoms with Crippen LogP contribution < -0.4 is 0 Å². The van der Waals surface area contributed by atoms with E-state index < -0.39 is 5.97 Å². The Labute approximate surface area is 112 Å². The molecule has 0 atom stereocenters. The van der Waals surface area contributed by atoms with Gasteiger partial charge in [0, 0.05) is 5.39 Å². The minimum Gasteiger partial charge on any atom is -0.506 e. The maximum Gasteiger partial charge on any atom is 0.341 e. The molecule has 0 radical (unpaired) electrons. The lowest BCUT2D eigenvalue weighted by atomic mass is 10.1. The normalized spacial score (nSPS) is 10.9. The predicted molar refractivity (Wildman–Crippen MR) is 75.4 cm³/mol. The van der Waals surface area contributed by atoms with Crippen LogP contribution in [0.2, 0.25) is 0 Å². The quantitative estimate of drug-likeness (QED) is 0.849. The minimum absolute atomic E-state index is 0.00681. The highest BCUT2D eigenvalue weighted by molar-refractivity contribution is 6.01. The van der Waals surface area contributed by atoms with Crippen LogP contribution in [0, 0.1) is 5.92 Å². The lowest BCUT2D eigenvalue weighted by Gasteiger charge is -2.09. The van der Waals surface area contributed by atoms with Gasteiger partial charge < -0.3 is 9.84 Å². The second kappa shape index (κ2) is 5.74. The summed E-state index contributed by atoms with van der Waals surface area (Å²) in [6.45, 7) is 4.52. The maximum absolute atomic E-state index is 11.9. The summed E-state index contributed by atoms with van der Waals surface area (Å²) >= 11 is 0. The summed E-state index contributed by atoms with van der Waals surface area (Å²) in [5, 5.41) is 11.7. The van der Waals surface area contributed by atoms with E-state index in [1.807, 2.05) is 24.3 Å². The molecule has 0 fully saturated rings. The van der Waals surface area contributed by atoms with Gasteiger partial charge >= 0.3 is 5.97 Å². The second-order valence-corrected chi connectivity index (χ2v) is 5.00. The zero-order chi connectivity index (χ0) is 13.8. The first kappa shape index (κ1) is 13.4. The number of rotatable bonds is 4. The topological polar surface area (TPSA) is 46.5 Å². The Morgan fingerprint density at radius 3 is 2.68 bits per heavy atom. The number of hydrogen-bond acceptors (Lipinski definition) is 3. The van der Waals surface area contributed by atoms with Crippen molar-refractivity contribution < 1.29 is 14.6 Å². The molecule has 2 rings (SSSR count). The summed E-state index contributed by atoms with van der Waals surface area (Å²) in [6, 6.07) is 10.8. The van der Waals surface area contributed by atoms with Crippen molar-refractivity contribution in [2.75, 3.05) is 6.61 Å². The molecule has 1 N–H and O–H groups in total. The molecule has 0 spiro atoms. The third-order valence-electron chi connectivity index (χ3n) is 3.05. The fraction of sp³-hybridized carbons (Fsp3) is 0.312. The molecular formula is C16H18O3. The zero-order valence-electron chi connectivity index (χ0n) is 11.2. The molecule has 0 aromatic heterocycles. The van der Waals surface area contributed by atoms with E-state index in [0.717, 1.165) is 11.8 Å². The van der Waals surface area contributed by atoms with Crippen LogP contribution in [0.5, 0.6) is 5.75 Å². The average Bonchev–Trinajstić information content (AvgIpc) is 2.39. The maximum atomic E-state index is 11.9. The molecule has 0 aliphatic carbocycles. The van der Waals surface area contributed by atoms with Gasteiger partial charge in [-0.3, -0.25) is 0 Å². The van der Waals surface area contributed by atoms with E-state index in [2.05, 4.69) is 13.8 Å². The number of phenols is 1. The van der Waals surface area contributed by atoms with Crippen molar-refractivity contribution in [3.8, 4) is 5.75 Å². The van der Waals surface area contributed by atoms with Crippen LogP contribution in [0.25, 0.3) is 10.8 Å². The number of hydrogen-bond donors (Lipinski definition) is 1. The van der Waals surface area contributed by atoms with Gasteiger partial charge in [-0.25, -0.2) is 4.79 Å². The Balaban J connectivity index is 2.20. The van der Waals surface area contributed by atoms with E-state index in [1.165, 1.54) is 0 Å². The standard InChI is InChI=1S/C16H18O3/c1-11(2)9-10-19-16(18)14-8-7-12-5-3-4-6-13(12)15(14)17/h3-8,11,17H,9-10H2,1-2H3. The number of esters is 1. The van der Waals surface area contributed by atoms with E-state index in [1.54, 1.807) is 12.1 Å². The van der Waals surface area contributed by atoms with Gasteiger partial charge in [0.05, 0.1) is 6.61 Å². The summed E-state index contributed by atoms with van der Waals surface area (Å²) in [4.78, 5) is 11.9. The van der Waals surface area contributed by atoms with E-state index in [0.29, 0.717) is 17.9 Å². The van der Waals surface area contributed by atoms with Crippen LogP contribution in [0.1, 0.15) is 30.6 Å². The summed E-state index contributed by atoms with van der Waals surface area (Å²) < 4.78 is 5.17. The first-order valence-electron chi connectivity index (χ1n) is 6.47. The summed E-state index contributed by atoms with van der Waals surface area (Å²) in [6.07, 6.45) is 0.820. The number of fused-ring (bicyclic) bond motifs is 1. The minimum atomic E-state index is -0.469. The van der Waals surface area contributed by atoms with E-state index in [-0.39, 0.29) is 11.3 Å². The summed E-state index contributed by atoms with van der Waals surface area (Å²) in [5.41, 5.74) is 0.224. The highest BCUT2D eigenvalue weighted by Crippen LogP contribution is 2.29. The molecule has 0 heterocycles. The number of carbonyl (C=O) groups excluding carboxylic acids is 1. The molecule has 0 aliphatic heterocycles. The van der Waals surface area contributed by atoms with Gasteiger partial charge in [0.2, 0.25) is 0 Å². The molecule has 2 aromatic rings. The second-order valence-electron chi connectivity index (χ2n) is 5.00. The van der Waals surface area contributed by atoms with Gasteiger partial charge in [0.25, 0.3) is 0 Å². The molecule has 0 bridgehead atoms. The first-order chi connectivity index (χ1) is 9.09. The number of aromatic hydroxyl groups is 1. The predicted octanol–water partition coefficient (Wildman–Crippen LogP) is 3.75. The fourth-order valence-electron chi connectivity index (χ4n) is 1.88. The van der Waals surface area contributed by atoms with Crippen molar-refractivity contribution in [3.05, 3.63) is 42.0 Å². The molecule has 2 aromatic carbocycles. The van der Waals surface area contributed by atoms with Crippen molar-refractivity contribution in [2.45, 2.75) is 20.3 Å². The molecule has 0 aliphatic rings. The van der Waals surface area contributed by atoms with Gasteiger partial charge in [-0.05, 0) is 23.8 Å². The third-order valence-corrected chi connectivity index (χ3v) is 3.05. The monoisotopic (exact) mass is 258 g/mol. The molecule has 0 amide bonds. The molecule has 0 saturated heterocycles. The van der Waals surface area contributed by atoms with Crippen molar-refractivity contribution >= 4 is 16.7 Å². The smallest absolute Gasteiger partial charge is 0.341 e. The number of benzene rings is 2. The first-order valence-corrected chi connectivity index (χ1v) is 6.47. The molecule has 3 nitrogen and oxygen atoms in total. The van der Waals surface area contributed by atoms with Gasteiger partial charge in [0.15, 0.2) is 0 Å². The van der Waals surface area contributed by atoms with Crippen LogP contribution in [-0.4, -0.2) is 17.7 Å². The van der Waals surface area contributed by atoms with Crippen molar-refractivity contribution in [2.24, 2.45) is 5.92 Å². The highest BCUT2D eigenvalue weighted by Gasteiger charge is 2.14. The van der Waals surface area contributed by atoms with Crippen LogP contribution in [-0.2, 0) is 4.74 Å². The van der Waals surface area contributed by atoms with Crippen LogP contribution >= 0.6 is 0 Å². The van der Waals surface area contributed by atoms with Crippen LogP contribution in [0.4, 0.5) is 0 Å². The Hall–Kier alpha value is -2.03. The highest BCUT2D eigenvalue weighted by atomic mass is 16.5. The van der Waals surface area contributed by atoms with Crippen LogP contribution in [0.15, 0.2) is 36.4 Å². The Kier molecular flexibility index (Phi) is 4.05. The van der Waals surface area contributed by atoms with Gasteiger partial charge in [-0.15, -0.1) is 0 Å². The van der Waals surface area contributed by atoms with Gasteiger partial charge in [-0.2, -0.15) is 0 Å². The third kappa shape index (κ3) is 3.05. The van der Waals surface area contributed by atoms with E-state index in [9.17, 15) is 9.90 Å². The number of ether oxygens (including phenoxy) is 1. The zero-order valence-corrected chi connectivity index (χ0v) is 11.2. The van der Waals surface area contributed by atoms with Gasteiger partial charge in [-0.1, -0.05) is 44.2 Å².